The minimum atomic E-state index is 0.912. The normalized spacial score (nSPS) is 12.0. The summed E-state index contributed by atoms with van der Waals surface area (Å²) in [6, 6.07) is 71.1. The van der Waals surface area contributed by atoms with E-state index < -0.39 is 0 Å². The molecule has 0 bridgehead atoms. The van der Waals surface area contributed by atoms with Gasteiger partial charge in [-0.2, -0.15) is 0 Å². The van der Waals surface area contributed by atoms with Gasteiger partial charge in [-0.15, -0.1) is 0 Å². The Labute approximate surface area is 317 Å². The highest BCUT2D eigenvalue weighted by Gasteiger charge is 2.21. The van der Waals surface area contributed by atoms with Gasteiger partial charge in [-0.05, 0) is 111 Å². The predicted octanol–water partition coefficient (Wildman–Crippen LogP) is 15.5. The fourth-order valence-corrected chi connectivity index (χ4v) is 9.42. The third-order valence-electron chi connectivity index (χ3n) is 11.8. The van der Waals surface area contributed by atoms with E-state index in [1.165, 1.54) is 98.0 Å². The van der Waals surface area contributed by atoms with Crippen LogP contribution in [0.1, 0.15) is 0 Å². The summed E-state index contributed by atoms with van der Waals surface area (Å²) in [5, 5.41) is 17.1. The Bertz CT molecular complexity index is 3490. The van der Waals surface area contributed by atoms with E-state index in [0.29, 0.717) is 0 Å². The number of furan rings is 1. The zero-order chi connectivity index (χ0) is 36.0. The van der Waals surface area contributed by atoms with Gasteiger partial charge in [-0.1, -0.05) is 176 Å². The SMILES string of the molecule is c1ccc2cc(-c3c4ccccc4c(-c4ccc(-c5cc6oc7c8ccccc8ccc7c6c6ccccc56)c5ccccc45)c4ccccc34)ccc2c1. The summed E-state index contributed by atoms with van der Waals surface area (Å²) in [6.45, 7) is 0. The first-order valence-corrected chi connectivity index (χ1v) is 19.0. The lowest BCUT2D eigenvalue weighted by Gasteiger charge is -2.20. The Morgan fingerprint density at radius 3 is 1.45 bits per heavy atom. The van der Waals surface area contributed by atoms with Crippen molar-refractivity contribution in [3.63, 3.8) is 0 Å². The minimum Gasteiger partial charge on any atom is -0.455 e. The molecule has 0 aliphatic heterocycles. The lowest BCUT2D eigenvalue weighted by molar-refractivity contribution is 0.673. The lowest BCUT2D eigenvalue weighted by Crippen LogP contribution is -1.93. The van der Waals surface area contributed by atoms with Crippen LogP contribution in [0.25, 0.3) is 120 Å². The summed E-state index contributed by atoms with van der Waals surface area (Å²) in [5.41, 5.74) is 9.25. The molecule has 1 heteroatoms. The molecule has 0 amide bonds. The molecule has 0 aliphatic rings. The van der Waals surface area contributed by atoms with Crippen LogP contribution in [0.15, 0.2) is 199 Å². The van der Waals surface area contributed by atoms with Gasteiger partial charge in [-0.25, -0.2) is 0 Å². The second kappa shape index (κ2) is 11.6. The van der Waals surface area contributed by atoms with Crippen molar-refractivity contribution in [2.45, 2.75) is 0 Å². The molecule has 11 aromatic carbocycles. The molecular formula is C54H32O. The van der Waals surface area contributed by atoms with E-state index in [1.54, 1.807) is 0 Å². The van der Waals surface area contributed by atoms with Crippen LogP contribution in [0.3, 0.4) is 0 Å². The molecule has 12 aromatic rings. The van der Waals surface area contributed by atoms with E-state index in [1.807, 2.05) is 0 Å². The molecular weight excluding hydrogens is 665 g/mol. The van der Waals surface area contributed by atoms with Crippen LogP contribution in [-0.4, -0.2) is 0 Å². The second-order valence-electron chi connectivity index (χ2n) is 14.7. The van der Waals surface area contributed by atoms with Gasteiger partial charge in [0.2, 0.25) is 0 Å². The Hall–Kier alpha value is -7.22. The van der Waals surface area contributed by atoms with Crippen molar-refractivity contribution in [1.82, 2.24) is 0 Å². The monoisotopic (exact) mass is 696 g/mol. The van der Waals surface area contributed by atoms with Crippen LogP contribution in [0.2, 0.25) is 0 Å². The van der Waals surface area contributed by atoms with Crippen LogP contribution in [-0.2, 0) is 0 Å². The smallest absolute Gasteiger partial charge is 0.143 e. The van der Waals surface area contributed by atoms with Gasteiger partial charge in [0.25, 0.3) is 0 Å². The maximum atomic E-state index is 6.81. The van der Waals surface area contributed by atoms with Crippen LogP contribution in [0.4, 0.5) is 0 Å². The first kappa shape index (κ1) is 30.3. The molecule has 0 saturated heterocycles. The third-order valence-corrected chi connectivity index (χ3v) is 11.8. The van der Waals surface area contributed by atoms with Gasteiger partial charge in [0.15, 0.2) is 0 Å². The molecule has 0 spiro atoms. The second-order valence-corrected chi connectivity index (χ2v) is 14.7. The molecule has 0 N–H and O–H groups in total. The van der Waals surface area contributed by atoms with Gasteiger partial charge < -0.3 is 4.42 Å². The highest BCUT2D eigenvalue weighted by atomic mass is 16.3. The molecule has 12 rings (SSSR count). The van der Waals surface area contributed by atoms with Crippen molar-refractivity contribution in [2.24, 2.45) is 0 Å². The topological polar surface area (TPSA) is 13.1 Å². The van der Waals surface area contributed by atoms with E-state index >= 15 is 0 Å². The van der Waals surface area contributed by atoms with Crippen molar-refractivity contribution in [3.05, 3.63) is 194 Å². The molecule has 55 heavy (non-hydrogen) atoms. The summed E-state index contributed by atoms with van der Waals surface area (Å²) < 4.78 is 6.81. The van der Waals surface area contributed by atoms with Gasteiger partial charge in [0.05, 0.1) is 0 Å². The van der Waals surface area contributed by atoms with E-state index in [-0.39, 0.29) is 0 Å². The van der Waals surface area contributed by atoms with Crippen molar-refractivity contribution in [2.75, 3.05) is 0 Å². The largest absolute Gasteiger partial charge is 0.455 e. The van der Waals surface area contributed by atoms with Crippen LogP contribution in [0.5, 0.6) is 0 Å². The molecule has 1 aromatic heterocycles. The van der Waals surface area contributed by atoms with Gasteiger partial charge in [-0.3, -0.25) is 0 Å². The highest BCUT2D eigenvalue weighted by Crippen LogP contribution is 2.48. The fraction of sp³-hybridized carbons (Fsp3) is 0. The van der Waals surface area contributed by atoms with Crippen LogP contribution < -0.4 is 0 Å². The Morgan fingerprint density at radius 1 is 0.273 bits per heavy atom. The average Bonchev–Trinajstić information content (AvgIpc) is 3.64. The summed E-state index contributed by atoms with van der Waals surface area (Å²) in [7, 11) is 0. The molecule has 0 aliphatic carbocycles. The molecule has 0 saturated carbocycles. The molecule has 1 heterocycles. The number of fused-ring (bicyclic) bond motifs is 11. The number of benzene rings is 11. The first-order chi connectivity index (χ1) is 27.3. The molecule has 0 atom stereocenters. The fourth-order valence-electron chi connectivity index (χ4n) is 9.42. The standard InChI is InChI=1S/C54H32O/c1-2-15-35-31-36(26-25-33(35)13-1)51-43-21-9-11-23-45(43)52(46-24-12-10-22-44(46)51)47-30-29-41(38-17-5-6-18-39(38)47)49-32-50-53(42-20-8-7-19-40(42)49)48-28-27-34-14-3-4-16-37(34)54(48)55-50/h1-32H. The Kier molecular flexibility index (Phi) is 6.40. The number of hydrogen-bond donors (Lipinski definition) is 0. The van der Waals surface area contributed by atoms with E-state index in [9.17, 15) is 0 Å². The van der Waals surface area contributed by atoms with E-state index in [2.05, 4.69) is 194 Å². The van der Waals surface area contributed by atoms with Gasteiger partial charge in [0, 0.05) is 16.2 Å². The van der Waals surface area contributed by atoms with Crippen molar-refractivity contribution < 1.29 is 4.42 Å². The summed E-state index contributed by atoms with van der Waals surface area (Å²) in [4.78, 5) is 0. The number of hydrogen-bond acceptors (Lipinski definition) is 1. The van der Waals surface area contributed by atoms with Gasteiger partial charge in [0.1, 0.15) is 11.2 Å². The molecule has 254 valence electrons. The van der Waals surface area contributed by atoms with E-state index in [4.69, 9.17) is 4.42 Å². The highest BCUT2D eigenvalue weighted by molar-refractivity contribution is 6.28. The Morgan fingerprint density at radius 2 is 0.764 bits per heavy atom. The zero-order valence-corrected chi connectivity index (χ0v) is 29.9. The average molecular weight is 697 g/mol. The van der Waals surface area contributed by atoms with Crippen molar-refractivity contribution in [3.8, 4) is 33.4 Å². The predicted molar refractivity (Wildman–Crippen MR) is 235 cm³/mol. The van der Waals surface area contributed by atoms with E-state index in [0.717, 1.165) is 21.9 Å². The molecule has 1 nitrogen and oxygen atoms in total. The number of rotatable bonds is 3. The van der Waals surface area contributed by atoms with Gasteiger partial charge >= 0.3 is 0 Å². The maximum absolute atomic E-state index is 6.81. The van der Waals surface area contributed by atoms with Crippen molar-refractivity contribution >= 4 is 86.6 Å². The lowest BCUT2D eigenvalue weighted by atomic mass is 9.83. The summed E-state index contributed by atoms with van der Waals surface area (Å²) in [5.74, 6) is 0. The first-order valence-electron chi connectivity index (χ1n) is 19.0. The minimum absolute atomic E-state index is 0.912. The quantitative estimate of drug-likeness (QED) is 0.168. The zero-order valence-electron chi connectivity index (χ0n) is 29.9. The van der Waals surface area contributed by atoms with Crippen molar-refractivity contribution in [1.29, 1.82) is 0 Å². The summed E-state index contributed by atoms with van der Waals surface area (Å²) in [6.07, 6.45) is 0. The van der Waals surface area contributed by atoms with Crippen LogP contribution in [0, 0.1) is 0 Å². The molecule has 0 unspecified atom stereocenters. The maximum Gasteiger partial charge on any atom is 0.143 e. The van der Waals surface area contributed by atoms with Crippen LogP contribution >= 0.6 is 0 Å². The Balaban J connectivity index is 1.14. The molecule has 0 radical (unpaired) electrons. The summed E-state index contributed by atoms with van der Waals surface area (Å²) >= 11 is 0. The molecule has 0 fully saturated rings. The third kappa shape index (κ3) is 4.41.